The second kappa shape index (κ2) is 8.03. The van der Waals surface area contributed by atoms with Crippen molar-refractivity contribution < 1.29 is 9.15 Å². The monoisotopic (exact) mass is 391 g/mol. The third-order valence-corrected chi connectivity index (χ3v) is 5.92. The van der Waals surface area contributed by atoms with E-state index in [0.29, 0.717) is 24.0 Å². The number of hydrogen-bond acceptors (Lipinski definition) is 4. The van der Waals surface area contributed by atoms with Crippen molar-refractivity contribution in [1.82, 2.24) is 5.32 Å². The number of nitrogens with one attached hydrogen (secondary N) is 1. The number of methoxy groups -OCH3 is 1. The molecular weight excluding hydrogens is 362 g/mol. The van der Waals surface area contributed by atoms with Gasteiger partial charge < -0.3 is 14.5 Å². The van der Waals surface area contributed by atoms with Crippen LogP contribution in [0.1, 0.15) is 60.9 Å². The van der Waals surface area contributed by atoms with Crippen LogP contribution in [0.25, 0.3) is 11.0 Å². The van der Waals surface area contributed by atoms with E-state index in [9.17, 15) is 4.79 Å². The number of hydrogen-bond donors (Lipinski definition) is 1. The summed E-state index contributed by atoms with van der Waals surface area (Å²) in [5.41, 5.74) is 5.09. The van der Waals surface area contributed by atoms with Gasteiger partial charge >= 0.3 is 5.63 Å². The Morgan fingerprint density at radius 3 is 2.48 bits per heavy atom. The molecule has 1 heterocycles. The molecule has 4 nitrogen and oxygen atoms in total. The molecule has 2 aromatic carbocycles. The summed E-state index contributed by atoms with van der Waals surface area (Å²) in [7, 11) is 1.69. The molecule has 1 aliphatic rings. The van der Waals surface area contributed by atoms with E-state index in [1.165, 1.54) is 24.0 Å². The summed E-state index contributed by atoms with van der Waals surface area (Å²) in [4.78, 5) is 12.2. The summed E-state index contributed by atoms with van der Waals surface area (Å²) in [6.07, 6.45) is 2.47. The Morgan fingerprint density at radius 1 is 1.14 bits per heavy atom. The summed E-state index contributed by atoms with van der Waals surface area (Å²) in [6, 6.07) is 14.4. The van der Waals surface area contributed by atoms with E-state index in [1.54, 1.807) is 13.2 Å². The molecule has 152 valence electrons. The largest absolute Gasteiger partial charge is 0.497 e. The van der Waals surface area contributed by atoms with E-state index in [4.69, 9.17) is 9.15 Å². The van der Waals surface area contributed by atoms with Crippen LogP contribution in [-0.2, 0) is 6.54 Å². The van der Waals surface area contributed by atoms with E-state index < -0.39 is 0 Å². The van der Waals surface area contributed by atoms with Crippen LogP contribution in [0.4, 0.5) is 0 Å². The zero-order chi connectivity index (χ0) is 20.5. The van der Waals surface area contributed by atoms with Crippen LogP contribution in [-0.4, -0.2) is 7.11 Å². The van der Waals surface area contributed by atoms with Gasteiger partial charge in [0, 0.05) is 24.0 Å². The van der Waals surface area contributed by atoms with Crippen LogP contribution in [0.3, 0.4) is 0 Å². The highest BCUT2D eigenvalue weighted by atomic mass is 16.5. The molecule has 0 bridgehead atoms. The Balaban J connectivity index is 1.65. The molecule has 1 unspecified atom stereocenters. The number of ether oxygens (including phenoxy) is 1. The Hall–Kier alpha value is -2.59. The molecule has 1 aromatic heterocycles. The highest BCUT2D eigenvalue weighted by molar-refractivity contribution is 5.82. The molecule has 1 N–H and O–H groups in total. The van der Waals surface area contributed by atoms with Crippen molar-refractivity contribution >= 4 is 11.0 Å². The maximum atomic E-state index is 12.2. The van der Waals surface area contributed by atoms with E-state index >= 15 is 0 Å². The van der Waals surface area contributed by atoms with Crippen molar-refractivity contribution in [3.63, 3.8) is 0 Å². The van der Waals surface area contributed by atoms with Gasteiger partial charge in [-0.2, -0.15) is 0 Å². The van der Waals surface area contributed by atoms with E-state index in [0.717, 1.165) is 22.3 Å². The molecule has 1 fully saturated rings. The minimum Gasteiger partial charge on any atom is -0.497 e. The first-order valence-corrected chi connectivity index (χ1v) is 10.4. The average Bonchev–Trinajstić information content (AvgIpc) is 3.52. The first-order valence-electron chi connectivity index (χ1n) is 10.4. The normalized spacial score (nSPS) is 15.1. The van der Waals surface area contributed by atoms with E-state index in [2.05, 4.69) is 44.3 Å². The van der Waals surface area contributed by atoms with Gasteiger partial charge in [0.05, 0.1) is 7.11 Å². The molecule has 0 saturated heterocycles. The first kappa shape index (κ1) is 19.7. The number of aryl methyl sites for hydroxylation is 1. The Bertz CT molecular complexity index is 1060. The van der Waals surface area contributed by atoms with Gasteiger partial charge in [0.15, 0.2) is 0 Å². The lowest BCUT2D eigenvalue weighted by atomic mass is 9.94. The summed E-state index contributed by atoms with van der Waals surface area (Å²) >= 11 is 0. The molecule has 0 amide bonds. The fourth-order valence-electron chi connectivity index (χ4n) is 4.18. The predicted molar refractivity (Wildman–Crippen MR) is 117 cm³/mol. The number of fused-ring (bicyclic) bond motifs is 1. The molecule has 1 atom stereocenters. The summed E-state index contributed by atoms with van der Waals surface area (Å²) in [5, 5.41) is 4.74. The molecule has 3 aromatic rings. The lowest BCUT2D eigenvalue weighted by Crippen LogP contribution is -2.23. The van der Waals surface area contributed by atoms with E-state index in [-0.39, 0.29) is 11.7 Å². The van der Waals surface area contributed by atoms with Crippen LogP contribution < -0.4 is 15.7 Å². The standard InChI is InChI=1S/C25H29NO3/c1-15(2)21-13-22-19(12-24(27)29-23(22)11-16(21)3)14-26-25(17-5-6-17)18-7-9-20(28-4)10-8-18/h7-13,15,17,25-26H,5-6,14H2,1-4H3. The molecule has 1 saturated carbocycles. The van der Waals surface area contributed by atoms with Crippen LogP contribution >= 0.6 is 0 Å². The van der Waals surface area contributed by atoms with Crippen LogP contribution in [0.15, 0.2) is 51.7 Å². The lowest BCUT2D eigenvalue weighted by Gasteiger charge is -2.20. The Kier molecular flexibility index (Phi) is 5.46. The Morgan fingerprint density at radius 2 is 1.86 bits per heavy atom. The molecular formula is C25H29NO3. The molecule has 4 heteroatoms. The minimum absolute atomic E-state index is 0.276. The van der Waals surface area contributed by atoms with Crippen molar-refractivity contribution in [3.05, 3.63) is 75.1 Å². The van der Waals surface area contributed by atoms with Gasteiger partial charge in [-0.05, 0) is 78.1 Å². The number of rotatable bonds is 7. The minimum atomic E-state index is -0.293. The van der Waals surface area contributed by atoms with E-state index in [1.807, 2.05) is 18.2 Å². The second-order valence-corrected chi connectivity index (χ2v) is 8.42. The van der Waals surface area contributed by atoms with Crippen molar-refractivity contribution in [2.24, 2.45) is 5.92 Å². The zero-order valence-electron chi connectivity index (χ0n) is 17.6. The van der Waals surface area contributed by atoms with Gasteiger partial charge in [-0.3, -0.25) is 0 Å². The van der Waals surface area contributed by atoms with Crippen LogP contribution in [0.5, 0.6) is 5.75 Å². The predicted octanol–water partition coefficient (Wildman–Crippen LogP) is 5.47. The smallest absolute Gasteiger partial charge is 0.336 e. The number of benzene rings is 2. The van der Waals surface area contributed by atoms with Gasteiger partial charge in [-0.15, -0.1) is 0 Å². The van der Waals surface area contributed by atoms with Crippen molar-refractivity contribution in [1.29, 1.82) is 0 Å². The summed E-state index contributed by atoms with van der Waals surface area (Å²) < 4.78 is 10.8. The molecule has 1 aliphatic carbocycles. The molecule has 0 radical (unpaired) electrons. The maximum Gasteiger partial charge on any atom is 0.336 e. The average molecular weight is 392 g/mol. The van der Waals surface area contributed by atoms with Gasteiger partial charge in [0.1, 0.15) is 11.3 Å². The molecule has 0 aliphatic heterocycles. The first-order chi connectivity index (χ1) is 14.0. The lowest BCUT2D eigenvalue weighted by molar-refractivity contribution is 0.413. The van der Waals surface area contributed by atoms with Crippen molar-refractivity contribution in [2.45, 2.75) is 52.1 Å². The Labute approximate surface area is 171 Å². The topological polar surface area (TPSA) is 51.5 Å². The highest BCUT2D eigenvalue weighted by Gasteiger charge is 2.32. The zero-order valence-corrected chi connectivity index (χ0v) is 17.6. The fourth-order valence-corrected chi connectivity index (χ4v) is 4.18. The maximum absolute atomic E-state index is 12.2. The van der Waals surface area contributed by atoms with Gasteiger partial charge in [0.25, 0.3) is 0 Å². The van der Waals surface area contributed by atoms with Crippen LogP contribution in [0, 0.1) is 12.8 Å². The third kappa shape index (κ3) is 4.23. The highest BCUT2D eigenvalue weighted by Crippen LogP contribution is 2.41. The fraction of sp³-hybridized carbons (Fsp3) is 0.400. The SMILES string of the molecule is COc1ccc(C(NCc2cc(=O)oc3cc(C)c(C(C)C)cc23)C2CC2)cc1. The van der Waals surface area contributed by atoms with Crippen molar-refractivity contribution in [3.8, 4) is 5.75 Å². The second-order valence-electron chi connectivity index (χ2n) is 8.42. The summed E-state index contributed by atoms with van der Waals surface area (Å²) in [5.74, 6) is 1.93. The van der Waals surface area contributed by atoms with Crippen molar-refractivity contribution in [2.75, 3.05) is 7.11 Å². The molecule has 29 heavy (non-hydrogen) atoms. The van der Waals surface area contributed by atoms with Gasteiger partial charge in [0.2, 0.25) is 0 Å². The third-order valence-electron chi connectivity index (χ3n) is 5.92. The summed E-state index contributed by atoms with van der Waals surface area (Å²) in [6.45, 7) is 7.10. The quantitative estimate of drug-likeness (QED) is 0.542. The molecule has 0 spiro atoms. The van der Waals surface area contributed by atoms with Gasteiger partial charge in [-0.1, -0.05) is 26.0 Å². The van der Waals surface area contributed by atoms with Gasteiger partial charge in [-0.25, -0.2) is 4.79 Å². The van der Waals surface area contributed by atoms with Crippen LogP contribution in [0.2, 0.25) is 0 Å². The molecule has 4 rings (SSSR count).